The largest absolute Gasteiger partial charge is 0.355 e. The van der Waals surface area contributed by atoms with E-state index in [1.807, 2.05) is 31.1 Å². The van der Waals surface area contributed by atoms with Crippen molar-refractivity contribution in [2.24, 2.45) is 0 Å². The molecule has 1 rings (SSSR count). The molecule has 0 saturated heterocycles. The Labute approximate surface area is 117 Å². The average Bonchev–Trinajstić information content (AvgIpc) is 2.39. The van der Waals surface area contributed by atoms with Crippen molar-refractivity contribution in [1.82, 2.24) is 4.90 Å². The van der Waals surface area contributed by atoms with Crippen LogP contribution in [0.4, 0.5) is 0 Å². The molecule has 0 aliphatic heterocycles. The summed E-state index contributed by atoms with van der Waals surface area (Å²) >= 11 is 0. The number of hydrogen-bond donors (Lipinski definition) is 0. The fraction of sp³-hybridized carbons (Fsp3) is 0.222. The van der Waals surface area contributed by atoms with E-state index in [4.69, 9.17) is 0 Å². The van der Waals surface area contributed by atoms with Gasteiger partial charge in [0.2, 0.25) is 0 Å². The Kier molecular flexibility index (Phi) is 5.87. The SMILES string of the molecule is C=C/C=C/N(C)C(=C)Cc1ccc(/C=C\C)c(C)c1. The summed E-state index contributed by atoms with van der Waals surface area (Å²) in [6, 6.07) is 6.56. The summed E-state index contributed by atoms with van der Waals surface area (Å²) in [5.74, 6) is 0. The predicted molar refractivity (Wildman–Crippen MR) is 85.8 cm³/mol. The monoisotopic (exact) mass is 253 g/mol. The zero-order chi connectivity index (χ0) is 14.3. The molecule has 0 N–H and O–H groups in total. The number of rotatable bonds is 6. The van der Waals surface area contributed by atoms with Crippen molar-refractivity contribution in [3.63, 3.8) is 0 Å². The highest BCUT2D eigenvalue weighted by atomic mass is 15.1. The van der Waals surface area contributed by atoms with Gasteiger partial charge in [-0.3, -0.25) is 0 Å². The molecule has 0 aliphatic rings. The summed E-state index contributed by atoms with van der Waals surface area (Å²) in [5.41, 5.74) is 4.93. The lowest BCUT2D eigenvalue weighted by atomic mass is 10.0. The molecule has 1 nitrogen and oxygen atoms in total. The molecule has 19 heavy (non-hydrogen) atoms. The third kappa shape index (κ3) is 4.63. The molecule has 1 aromatic rings. The van der Waals surface area contributed by atoms with Crippen molar-refractivity contribution in [3.05, 3.63) is 78.2 Å². The quantitative estimate of drug-likeness (QED) is 0.663. The number of hydrogen-bond acceptors (Lipinski definition) is 1. The fourth-order valence-electron chi connectivity index (χ4n) is 1.87. The number of aryl methyl sites for hydroxylation is 1. The molecule has 0 radical (unpaired) electrons. The van der Waals surface area contributed by atoms with Gasteiger partial charge in [-0.2, -0.15) is 0 Å². The smallest absolute Gasteiger partial charge is 0.0143 e. The van der Waals surface area contributed by atoms with E-state index in [9.17, 15) is 0 Å². The van der Waals surface area contributed by atoms with Crippen LogP contribution in [0.5, 0.6) is 0 Å². The minimum absolute atomic E-state index is 0.856. The van der Waals surface area contributed by atoms with E-state index in [0.717, 1.165) is 12.1 Å². The molecular formula is C18H23N. The van der Waals surface area contributed by atoms with Crippen LogP contribution in [0.25, 0.3) is 6.08 Å². The molecule has 0 spiro atoms. The first kappa shape index (κ1) is 15.0. The van der Waals surface area contributed by atoms with Crippen molar-refractivity contribution >= 4 is 6.08 Å². The van der Waals surface area contributed by atoms with Gasteiger partial charge in [0.25, 0.3) is 0 Å². The van der Waals surface area contributed by atoms with Gasteiger partial charge in [-0.15, -0.1) is 0 Å². The van der Waals surface area contributed by atoms with Crippen molar-refractivity contribution < 1.29 is 0 Å². The second-order valence-electron chi connectivity index (χ2n) is 4.62. The molecule has 0 bridgehead atoms. The normalized spacial score (nSPS) is 11.1. The first-order valence-corrected chi connectivity index (χ1v) is 6.50. The molecule has 1 heteroatoms. The zero-order valence-electron chi connectivity index (χ0n) is 12.2. The van der Waals surface area contributed by atoms with Gasteiger partial charge in [0.15, 0.2) is 0 Å². The molecule has 0 heterocycles. The molecule has 0 amide bonds. The van der Waals surface area contributed by atoms with Crippen LogP contribution in [0, 0.1) is 6.92 Å². The van der Waals surface area contributed by atoms with Gasteiger partial charge < -0.3 is 4.90 Å². The van der Waals surface area contributed by atoms with Crippen LogP contribution in [0.2, 0.25) is 0 Å². The van der Waals surface area contributed by atoms with E-state index in [0.29, 0.717) is 0 Å². The number of likely N-dealkylation sites (N-methyl/N-ethyl adjacent to an activating group) is 1. The van der Waals surface area contributed by atoms with Crippen LogP contribution in [-0.4, -0.2) is 11.9 Å². The maximum Gasteiger partial charge on any atom is 0.0143 e. The molecule has 0 unspecified atom stereocenters. The Morgan fingerprint density at radius 2 is 2.11 bits per heavy atom. The second kappa shape index (κ2) is 7.42. The Hall–Kier alpha value is -2.02. The molecule has 0 fully saturated rings. The van der Waals surface area contributed by atoms with Crippen LogP contribution in [-0.2, 0) is 6.42 Å². The minimum atomic E-state index is 0.856. The van der Waals surface area contributed by atoms with Crippen molar-refractivity contribution in [2.75, 3.05) is 7.05 Å². The summed E-state index contributed by atoms with van der Waals surface area (Å²) in [7, 11) is 2.00. The molecule has 100 valence electrons. The lowest BCUT2D eigenvalue weighted by Crippen LogP contribution is -2.11. The molecule has 0 saturated carbocycles. The van der Waals surface area contributed by atoms with Crippen LogP contribution in [0.15, 0.2) is 61.5 Å². The maximum atomic E-state index is 4.12. The highest BCUT2D eigenvalue weighted by molar-refractivity contribution is 5.54. The predicted octanol–water partition coefficient (Wildman–Crippen LogP) is 4.72. The standard InChI is InChI=1S/C18H23N/c1-6-8-12-19(5)16(4)14-17-10-11-18(9-7-2)15(3)13-17/h6-13H,1,4,14H2,2-3,5H3/b9-7-,12-8+. The van der Waals surface area contributed by atoms with Gasteiger partial charge in [0.05, 0.1) is 0 Å². The topological polar surface area (TPSA) is 3.24 Å². The third-order valence-corrected chi connectivity index (χ3v) is 3.03. The Morgan fingerprint density at radius 3 is 2.68 bits per heavy atom. The van der Waals surface area contributed by atoms with Crippen LogP contribution < -0.4 is 0 Å². The van der Waals surface area contributed by atoms with Gasteiger partial charge in [-0.1, -0.05) is 49.6 Å². The summed E-state index contributed by atoms with van der Waals surface area (Å²) < 4.78 is 0. The van der Waals surface area contributed by atoms with Gasteiger partial charge in [-0.05, 0) is 36.6 Å². The average molecular weight is 253 g/mol. The second-order valence-corrected chi connectivity index (χ2v) is 4.62. The lowest BCUT2D eigenvalue weighted by Gasteiger charge is -2.17. The van der Waals surface area contributed by atoms with Crippen LogP contribution in [0.3, 0.4) is 0 Å². The highest BCUT2D eigenvalue weighted by Gasteiger charge is 2.02. The third-order valence-electron chi connectivity index (χ3n) is 3.03. The van der Waals surface area contributed by atoms with E-state index in [-0.39, 0.29) is 0 Å². The lowest BCUT2D eigenvalue weighted by molar-refractivity contribution is 0.555. The van der Waals surface area contributed by atoms with E-state index in [2.05, 4.69) is 50.4 Å². The zero-order valence-corrected chi connectivity index (χ0v) is 12.2. The number of benzene rings is 1. The van der Waals surface area contributed by atoms with Gasteiger partial charge >= 0.3 is 0 Å². The Bertz CT molecular complexity index is 506. The molecule has 0 aromatic heterocycles. The van der Waals surface area contributed by atoms with Crippen molar-refractivity contribution in [1.29, 1.82) is 0 Å². The molecule has 1 aromatic carbocycles. The van der Waals surface area contributed by atoms with Crippen molar-refractivity contribution in [2.45, 2.75) is 20.3 Å². The molecule has 0 aliphatic carbocycles. The van der Waals surface area contributed by atoms with E-state index in [1.54, 1.807) is 6.08 Å². The Morgan fingerprint density at radius 1 is 1.37 bits per heavy atom. The fourth-order valence-corrected chi connectivity index (χ4v) is 1.87. The first-order valence-electron chi connectivity index (χ1n) is 6.50. The minimum Gasteiger partial charge on any atom is -0.355 e. The summed E-state index contributed by atoms with van der Waals surface area (Å²) in [5, 5.41) is 0. The van der Waals surface area contributed by atoms with E-state index >= 15 is 0 Å². The Balaban J connectivity index is 2.77. The summed E-state index contributed by atoms with van der Waals surface area (Å²) in [4.78, 5) is 2.02. The van der Waals surface area contributed by atoms with Gasteiger partial charge in [0.1, 0.15) is 0 Å². The van der Waals surface area contributed by atoms with Crippen molar-refractivity contribution in [3.8, 4) is 0 Å². The van der Waals surface area contributed by atoms with Gasteiger partial charge in [-0.25, -0.2) is 0 Å². The molecule has 0 atom stereocenters. The van der Waals surface area contributed by atoms with E-state index in [1.165, 1.54) is 16.7 Å². The maximum absolute atomic E-state index is 4.12. The highest BCUT2D eigenvalue weighted by Crippen LogP contribution is 2.16. The van der Waals surface area contributed by atoms with Gasteiger partial charge in [0, 0.05) is 25.4 Å². The number of nitrogens with zero attached hydrogens (tertiary/aromatic N) is 1. The van der Waals surface area contributed by atoms with Crippen LogP contribution in [0.1, 0.15) is 23.6 Å². The van der Waals surface area contributed by atoms with E-state index < -0.39 is 0 Å². The molecular weight excluding hydrogens is 230 g/mol. The summed E-state index contributed by atoms with van der Waals surface area (Å²) in [6.45, 7) is 12.0. The first-order chi connectivity index (χ1) is 9.08. The summed E-state index contributed by atoms with van der Waals surface area (Å²) in [6.07, 6.45) is 10.7. The number of allylic oxidation sites excluding steroid dienone is 4. The van der Waals surface area contributed by atoms with Crippen LogP contribution >= 0.6 is 0 Å².